The first-order valence-electron chi connectivity index (χ1n) is 6.88. The van der Waals surface area contributed by atoms with Crippen LogP contribution in [-0.2, 0) is 11.2 Å². The summed E-state index contributed by atoms with van der Waals surface area (Å²) < 4.78 is 0. The fourth-order valence-electron chi connectivity index (χ4n) is 2.33. The first-order chi connectivity index (χ1) is 9.66. The predicted molar refractivity (Wildman–Crippen MR) is 82.7 cm³/mol. The number of hydrogen-bond acceptors (Lipinski definition) is 4. The van der Waals surface area contributed by atoms with E-state index >= 15 is 0 Å². The Labute approximate surface area is 129 Å². The summed E-state index contributed by atoms with van der Waals surface area (Å²) in [6, 6.07) is 6.43. The molecule has 1 saturated heterocycles. The maximum Gasteiger partial charge on any atom is 0.269 e. The van der Waals surface area contributed by atoms with Crippen molar-refractivity contribution in [1.82, 2.24) is 10.6 Å². The van der Waals surface area contributed by atoms with Crippen LogP contribution in [0.4, 0.5) is 5.69 Å². The Morgan fingerprint density at radius 2 is 2.10 bits per heavy atom. The standard InChI is InChI=1S/C14H19N3O3.ClH/c18-14(12-2-1-8-15-10-12)16-9-7-11-3-5-13(6-4-11)17(19)20;/h3-6,12,15H,1-2,7-10H2,(H,16,18);1H/t12-;/m1./s1. The Hall–Kier alpha value is -1.66. The van der Waals surface area contributed by atoms with Crippen LogP contribution in [0.3, 0.4) is 0 Å². The normalized spacial score (nSPS) is 17.6. The van der Waals surface area contributed by atoms with Crippen LogP contribution >= 0.6 is 12.4 Å². The molecule has 0 unspecified atom stereocenters. The Morgan fingerprint density at radius 1 is 1.38 bits per heavy atom. The molecule has 0 aliphatic carbocycles. The smallest absolute Gasteiger partial charge is 0.269 e. The molecule has 0 bridgehead atoms. The van der Waals surface area contributed by atoms with Gasteiger partial charge in [0.1, 0.15) is 0 Å². The van der Waals surface area contributed by atoms with Gasteiger partial charge in [0, 0.05) is 25.2 Å². The van der Waals surface area contributed by atoms with Crippen molar-refractivity contribution in [2.45, 2.75) is 19.3 Å². The van der Waals surface area contributed by atoms with E-state index in [-0.39, 0.29) is 29.9 Å². The van der Waals surface area contributed by atoms with E-state index < -0.39 is 4.92 Å². The van der Waals surface area contributed by atoms with Gasteiger partial charge in [-0.05, 0) is 31.4 Å². The fraction of sp³-hybridized carbons (Fsp3) is 0.500. The van der Waals surface area contributed by atoms with Gasteiger partial charge in [-0.1, -0.05) is 12.1 Å². The number of piperidine rings is 1. The van der Waals surface area contributed by atoms with E-state index in [4.69, 9.17) is 0 Å². The van der Waals surface area contributed by atoms with Crippen LogP contribution in [0.5, 0.6) is 0 Å². The molecule has 1 aromatic rings. The molecule has 1 fully saturated rings. The van der Waals surface area contributed by atoms with Crippen molar-refractivity contribution >= 4 is 24.0 Å². The number of carbonyl (C=O) groups excluding carboxylic acids is 1. The summed E-state index contributed by atoms with van der Waals surface area (Å²) in [5.74, 6) is 0.166. The summed E-state index contributed by atoms with van der Waals surface area (Å²) >= 11 is 0. The van der Waals surface area contributed by atoms with Gasteiger partial charge >= 0.3 is 0 Å². The van der Waals surface area contributed by atoms with Crippen molar-refractivity contribution in [2.24, 2.45) is 5.92 Å². The fourth-order valence-corrected chi connectivity index (χ4v) is 2.33. The molecule has 21 heavy (non-hydrogen) atoms. The molecule has 1 amide bonds. The van der Waals surface area contributed by atoms with Gasteiger partial charge in [0.15, 0.2) is 0 Å². The van der Waals surface area contributed by atoms with Crippen LogP contribution < -0.4 is 10.6 Å². The zero-order chi connectivity index (χ0) is 14.4. The molecule has 1 heterocycles. The monoisotopic (exact) mass is 313 g/mol. The number of benzene rings is 1. The number of halogens is 1. The number of nitrogens with zero attached hydrogens (tertiary/aromatic N) is 1. The SMILES string of the molecule is Cl.O=C(NCCc1ccc([N+](=O)[O-])cc1)[C@@H]1CCCNC1. The van der Waals surface area contributed by atoms with Gasteiger partial charge in [0.05, 0.1) is 10.8 Å². The zero-order valence-electron chi connectivity index (χ0n) is 11.7. The van der Waals surface area contributed by atoms with Gasteiger partial charge in [-0.2, -0.15) is 0 Å². The largest absolute Gasteiger partial charge is 0.355 e. The molecule has 1 aromatic carbocycles. The van der Waals surface area contributed by atoms with Crippen LogP contribution in [0.2, 0.25) is 0 Å². The third kappa shape index (κ3) is 5.32. The van der Waals surface area contributed by atoms with E-state index in [2.05, 4.69) is 10.6 Å². The molecule has 1 atom stereocenters. The Bertz CT molecular complexity index is 473. The highest BCUT2D eigenvalue weighted by Gasteiger charge is 2.20. The average molecular weight is 314 g/mol. The van der Waals surface area contributed by atoms with Crippen LogP contribution in [0.1, 0.15) is 18.4 Å². The van der Waals surface area contributed by atoms with Gasteiger partial charge in [-0.3, -0.25) is 14.9 Å². The van der Waals surface area contributed by atoms with Crippen molar-refractivity contribution in [1.29, 1.82) is 0 Å². The number of carbonyl (C=O) groups is 1. The van der Waals surface area contributed by atoms with Crippen LogP contribution in [0.25, 0.3) is 0 Å². The minimum absolute atomic E-state index is 0. The molecule has 2 N–H and O–H groups in total. The van der Waals surface area contributed by atoms with Crippen LogP contribution in [-0.4, -0.2) is 30.5 Å². The quantitative estimate of drug-likeness (QED) is 0.640. The minimum atomic E-state index is -0.415. The number of non-ortho nitro benzene ring substituents is 1. The van der Waals surface area contributed by atoms with Crippen molar-refractivity contribution in [2.75, 3.05) is 19.6 Å². The van der Waals surface area contributed by atoms with Gasteiger partial charge in [-0.15, -0.1) is 12.4 Å². The lowest BCUT2D eigenvalue weighted by molar-refractivity contribution is -0.384. The van der Waals surface area contributed by atoms with Crippen molar-refractivity contribution in [3.8, 4) is 0 Å². The molecule has 116 valence electrons. The van der Waals surface area contributed by atoms with E-state index in [1.807, 2.05) is 0 Å². The lowest BCUT2D eigenvalue weighted by Crippen LogP contribution is -2.41. The van der Waals surface area contributed by atoms with Gasteiger partial charge in [0.2, 0.25) is 5.91 Å². The van der Waals surface area contributed by atoms with Crippen molar-refractivity contribution in [3.63, 3.8) is 0 Å². The molecule has 1 aliphatic rings. The average Bonchev–Trinajstić information content (AvgIpc) is 2.48. The summed E-state index contributed by atoms with van der Waals surface area (Å²) in [5.41, 5.74) is 1.07. The second kappa shape index (κ2) is 8.59. The lowest BCUT2D eigenvalue weighted by atomic mass is 9.99. The Morgan fingerprint density at radius 3 is 2.67 bits per heavy atom. The summed E-state index contributed by atoms with van der Waals surface area (Å²) in [7, 11) is 0. The summed E-state index contributed by atoms with van der Waals surface area (Å²) in [6.07, 6.45) is 2.67. The molecule has 6 nitrogen and oxygen atoms in total. The molecule has 0 saturated carbocycles. The predicted octanol–water partition coefficient (Wildman–Crippen LogP) is 1.67. The lowest BCUT2D eigenvalue weighted by Gasteiger charge is -2.21. The molecular formula is C14H20ClN3O3. The Kier molecular flexibility index (Phi) is 7.11. The number of nitro benzene ring substituents is 1. The van der Waals surface area contributed by atoms with E-state index in [9.17, 15) is 14.9 Å². The maximum atomic E-state index is 11.9. The molecule has 0 radical (unpaired) electrons. The molecule has 0 aromatic heterocycles. The first-order valence-corrected chi connectivity index (χ1v) is 6.88. The highest BCUT2D eigenvalue weighted by molar-refractivity contribution is 5.85. The number of amides is 1. The number of hydrogen-bond donors (Lipinski definition) is 2. The van der Waals surface area contributed by atoms with Crippen LogP contribution in [0, 0.1) is 16.0 Å². The minimum Gasteiger partial charge on any atom is -0.355 e. The summed E-state index contributed by atoms with van der Waals surface area (Å²) in [5, 5.41) is 16.7. The highest BCUT2D eigenvalue weighted by Crippen LogP contribution is 2.12. The molecular weight excluding hydrogens is 294 g/mol. The van der Waals surface area contributed by atoms with Crippen molar-refractivity contribution < 1.29 is 9.72 Å². The molecule has 7 heteroatoms. The van der Waals surface area contributed by atoms with Gasteiger partial charge < -0.3 is 10.6 Å². The van der Waals surface area contributed by atoms with E-state index in [1.54, 1.807) is 12.1 Å². The van der Waals surface area contributed by atoms with Crippen molar-refractivity contribution in [3.05, 3.63) is 39.9 Å². The zero-order valence-corrected chi connectivity index (χ0v) is 12.5. The number of nitro groups is 1. The number of rotatable bonds is 5. The van der Waals surface area contributed by atoms with E-state index in [1.165, 1.54) is 12.1 Å². The first kappa shape index (κ1) is 17.4. The third-order valence-electron chi connectivity index (χ3n) is 3.53. The molecule has 1 aliphatic heterocycles. The van der Waals surface area contributed by atoms with Gasteiger partial charge in [-0.25, -0.2) is 0 Å². The molecule has 2 rings (SSSR count). The molecule has 0 spiro atoms. The maximum absolute atomic E-state index is 11.9. The number of nitrogens with one attached hydrogen (secondary N) is 2. The van der Waals surface area contributed by atoms with E-state index in [0.29, 0.717) is 13.0 Å². The topological polar surface area (TPSA) is 84.3 Å². The third-order valence-corrected chi connectivity index (χ3v) is 3.53. The highest BCUT2D eigenvalue weighted by atomic mass is 35.5. The Balaban J connectivity index is 0.00000220. The second-order valence-electron chi connectivity index (χ2n) is 5.01. The summed E-state index contributed by atoms with van der Waals surface area (Å²) in [6.45, 7) is 2.31. The summed E-state index contributed by atoms with van der Waals surface area (Å²) in [4.78, 5) is 22.0. The second-order valence-corrected chi connectivity index (χ2v) is 5.01. The van der Waals surface area contributed by atoms with Gasteiger partial charge in [0.25, 0.3) is 5.69 Å². The van der Waals surface area contributed by atoms with E-state index in [0.717, 1.165) is 31.5 Å². The van der Waals surface area contributed by atoms with Crippen LogP contribution in [0.15, 0.2) is 24.3 Å².